The van der Waals surface area contributed by atoms with Gasteiger partial charge in [-0.15, -0.1) is 0 Å². The second kappa shape index (κ2) is 7.78. The maximum absolute atomic E-state index is 11.8. The third kappa shape index (κ3) is 5.85. The Morgan fingerprint density at radius 3 is 2.58 bits per heavy atom. The molecule has 8 heteroatoms. The molecule has 1 unspecified atom stereocenters. The van der Waals surface area contributed by atoms with Crippen LogP contribution in [0.25, 0.3) is 0 Å². The minimum atomic E-state index is -3.65. The maximum Gasteiger partial charge on any atom is 0.277 e. The third-order valence-corrected chi connectivity index (χ3v) is 4.49. The summed E-state index contributed by atoms with van der Waals surface area (Å²) in [6, 6.07) is -0.611. The van der Waals surface area contributed by atoms with Crippen LogP contribution in [0.4, 0.5) is 0 Å². The first-order valence-corrected chi connectivity index (χ1v) is 8.04. The summed E-state index contributed by atoms with van der Waals surface area (Å²) in [7, 11) is -2.15. The van der Waals surface area contributed by atoms with Crippen molar-refractivity contribution in [3.05, 3.63) is 0 Å². The fourth-order valence-electron chi connectivity index (χ4n) is 2.37. The lowest BCUT2D eigenvalue weighted by molar-refractivity contribution is 0.204. The summed E-state index contributed by atoms with van der Waals surface area (Å²) in [5, 5.41) is 7.58. The van der Waals surface area contributed by atoms with Gasteiger partial charge in [-0.2, -0.15) is 17.9 Å². The van der Waals surface area contributed by atoms with Gasteiger partial charge >= 0.3 is 0 Å². The Labute approximate surface area is 115 Å². The molecule has 1 fully saturated rings. The van der Waals surface area contributed by atoms with Gasteiger partial charge in [-0.05, 0) is 18.8 Å². The summed E-state index contributed by atoms with van der Waals surface area (Å²) < 4.78 is 33.3. The molecule has 0 heterocycles. The highest BCUT2D eigenvalue weighted by atomic mass is 32.2. The zero-order chi connectivity index (χ0) is 14.3. The maximum atomic E-state index is 11.8. The highest BCUT2D eigenvalue weighted by Gasteiger charge is 2.29. The molecule has 0 spiro atoms. The summed E-state index contributed by atoms with van der Waals surface area (Å²) in [5.74, 6) is -0.00531. The van der Waals surface area contributed by atoms with Crippen LogP contribution in [0.5, 0.6) is 0 Å². The SMILES string of the molecule is COCCNS(=O)(=O)NC(C(=N)N)C1CCCCC1. The molecule has 0 bridgehead atoms. The Morgan fingerprint density at radius 1 is 1.42 bits per heavy atom. The summed E-state index contributed by atoms with van der Waals surface area (Å²) in [5.41, 5.74) is 5.53. The van der Waals surface area contributed by atoms with E-state index in [0.29, 0.717) is 6.61 Å². The predicted octanol–water partition coefficient (Wildman–Crippen LogP) is -0.0583. The van der Waals surface area contributed by atoms with E-state index in [4.69, 9.17) is 15.9 Å². The summed E-state index contributed by atoms with van der Waals surface area (Å²) in [6.07, 6.45) is 5.11. The zero-order valence-electron chi connectivity index (χ0n) is 11.3. The standard InChI is InChI=1S/C11H24N4O3S/c1-18-8-7-14-19(16,17)15-10(11(12)13)9-5-3-2-4-6-9/h9-10,14-15H,2-8H2,1H3,(H3,12,13). The normalized spacial score (nSPS) is 19.2. The number of rotatable bonds is 8. The van der Waals surface area contributed by atoms with Gasteiger partial charge < -0.3 is 10.5 Å². The minimum absolute atomic E-state index is 0.116. The van der Waals surface area contributed by atoms with E-state index in [9.17, 15) is 8.42 Å². The van der Waals surface area contributed by atoms with Crippen molar-refractivity contribution in [3.8, 4) is 0 Å². The van der Waals surface area contributed by atoms with E-state index >= 15 is 0 Å². The van der Waals surface area contributed by atoms with E-state index in [0.717, 1.165) is 25.7 Å². The van der Waals surface area contributed by atoms with Crippen molar-refractivity contribution < 1.29 is 13.2 Å². The monoisotopic (exact) mass is 292 g/mol. The topological polar surface area (TPSA) is 117 Å². The predicted molar refractivity (Wildman–Crippen MR) is 74.2 cm³/mol. The van der Waals surface area contributed by atoms with Crippen LogP contribution >= 0.6 is 0 Å². The Balaban J connectivity index is 2.59. The minimum Gasteiger partial charge on any atom is -0.386 e. The molecular weight excluding hydrogens is 268 g/mol. The third-order valence-electron chi connectivity index (χ3n) is 3.34. The van der Waals surface area contributed by atoms with E-state index in [1.165, 1.54) is 13.5 Å². The van der Waals surface area contributed by atoms with E-state index in [-0.39, 0.29) is 18.3 Å². The number of hydrogen-bond acceptors (Lipinski definition) is 4. The number of nitrogens with two attached hydrogens (primary N) is 1. The molecule has 7 nitrogen and oxygen atoms in total. The lowest BCUT2D eigenvalue weighted by Crippen LogP contribution is -2.52. The molecule has 0 aromatic heterocycles. The highest BCUT2D eigenvalue weighted by Crippen LogP contribution is 2.26. The Morgan fingerprint density at radius 2 is 2.05 bits per heavy atom. The van der Waals surface area contributed by atoms with Crippen molar-refractivity contribution in [2.24, 2.45) is 11.7 Å². The van der Waals surface area contributed by atoms with E-state index in [2.05, 4.69) is 9.44 Å². The quantitative estimate of drug-likeness (QED) is 0.285. The van der Waals surface area contributed by atoms with Gasteiger partial charge in [0.15, 0.2) is 0 Å². The van der Waals surface area contributed by atoms with E-state index < -0.39 is 16.3 Å². The molecule has 0 aliphatic heterocycles. The Hall–Kier alpha value is -0.700. The van der Waals surface area contributed by atoms with Crippen molar-refractivity contribution in [2.75, 3.05) is 20.3 Å². The first-order valence-electron chi connectivity index (χ1n) is 6.56. The summed E-state index contributed by atoms with van der Waals surface area (Å²) in [4.78, 5) is 0. The molecule has 0 saturated heterocycles. The molecule has 19 heavy (non-hydrogen) atoms. The lowest BCUT2D eigenvalue weighted by atomic mass is 9.84. The molecule has 1 rings (SSSR count). The first-order chi connectivity index (χ1) is 8.96. The Kier molecular flexibility index (Phi) is 6.70. The molecule has 1 atom stereocenters. The van der Waals surface area contributed by atoms with Crippen LogP contribution in [0, 0.1) is 11.3 Å². The Bertz CT molecular complexity index is 379. The average molecular weight is 292 g/mol. The second-order valence-corrected chi connectivity index (χ2v) is 6.37. The lowest BCUT2D eigenvalue weighted by Gasteiger charge is -2.29. The van der Waals surface area contributed by atoms with Crippen LogP contribution in [0.2, 0.25) is 0 Å². The van der Waals surface area contributed by atoms with Gasteiger partial charge in [0, 0.05) is 13.7 Å². The first kappa shape index (κ1) is 16.4. The fourth-order valence-corrected chi connectivity index (χ4v) is 3.46. The largest absolute Gasteiger partial charge is 0.386 e. The van der Waals surface area contributed by atoms with Gasteiger partial charge in [0.2, 0.25) is 0 Å². The van der Waals surface area contributed by atoms with Crippen molar-refractivity contribution >= 4 is 16.0 Å². The molecule has 0 aromatic carbocycles. The van der Waals surface area contributed by atoms with Crippen molar-refractivity contribution in [1.82, 2.24) is 9.44 Å². The van der Waals surface area contributed by atoms with Crippen LogP contribution in [0.1, 0.15) is 32.1 Å². The van der Waals surface area contributed by atoms with Crippen molar-refractivity contribution in [3.63, 3.8) is 0 Å². The van der Waals surface area contributed by atoms with Crippen LogP contribution < -0.4 is 15.2 Å². The van der Waals surface area contributed by atoms with Crippen molar-refractivity contribution in [2.45, 2.75) is 38.1 Å². The van der Waals surface area contributed by atoms with Gasteiger partial charge in [0.1, 0.15) is 5.84 Å². The number of amidine groups is 1. The highest BCUT2D eigenvalue weighted by molar-refractivity contribution is 7.87. The van der Waals surface area contributed by atoms with Gasteiger partial charge in [0.05, 0.1) is 12.6 Å². The van der Waals surface area contributed by atoms with Crippen LogP contribution in [-0.2, 0) is 14.9 Å². The number of ether oxygens (including phenoxy) is 1. The van der Waals surface area contributed by atoms with Crippen LogP contribution in [0.3, 0.4) is 0 Å². The number of hydrogen-bond donors (Lipinski definition) is 4. The zero-order valence-corrected chi connectivity index (χ0v) is 12.1. The second-order valence-electron chi connectivity index (χ2n) is 4.84. The van der Waals surface area contributed by atoms with Crippen LogP contribution in [-0.4, -0.2) is 40.6 Å². The van der Waals surface area contributed by atoms with Gasteiger partial charge in [-0.1, -0.05) is 19.3 Å². The summed E-state index contributed by atoms with van der Waals surface area (Å²) >= 11 is 0. The molecule has 0 radical (unpaired) electrons. The van der Waals surface area contributed by atoms with Gasteiger partial charge in [0.25, 0.3) is 10.2 Å². The summed E-state index contributed by atoms with van der Waals surface area (Å²) in [6.45, 7) is 0.496. The molecule has 1 saturated carbocycles. The van der Waals surface area contributed by atoms with Crippen LogP contribution in [0.15, 0.2) is 0 Å². The smallest absolute Gasteiger partial charge is 0.277 e. The number of nitrogens with one attached hydrogen (secondary N) is 3. The van der Waals surface area contributed by atoms with E-state index in [1.54, 1.807) is 0 Å². The molecule has 0 amide bonds. The molecule has 0 aromatic rings. The van der Waals surface area contributed by atoms with Crippen molar-refractivity contribution in [1.29, 1.82) is 5.41 Å². The average Bonchev–Trinajstić information content (AvgIpc) is 2.37. The molecule has 1 aliphatic rings. The van der Waals surface area contributed by atoms with Gasteiger partial charge in [-0.25, -0.2) is 0 Å². The fraction of sp³-hybridized carbons (Fsp3) is 0.909. The molecule has 5 N–H and O–H groups in total. The molecule has 1 aliphatic carbocycles. The van der Waals surface area contributed by atoms with E-state index in [1.807, 2.05) is 0 Å². The number of methoxy groups -OCH3 is 1. The molecular formula is C11H24N4O3S. The van der Waals surface area contributed by atoms with Gasteiger partial charge in [-0.3, -0.25) is 5.41 Å². The molecule has 112 valence electrons.